The van der Waals surface area contributed by atoms with Crippen LogP contribution in [-0.2, 0) is 76.6 Å². The summed E-state index contributed by atoms with van der Waals surface area (Å²) in [5.74, 6) is -2.52. The number of fused-ring (bicyclic) bond motifs is 6. The van der Waals surface area contributed by atoms with Crippen LogP contribution in [0.4, 0.5) is 10.5 Å². The number of alkyl carbamates (subject to hydrolysis) is 1. The molecule has 8 atom stereocenters. The van der Waals surface area contributed by atoms with Crippen LogP contribution in [0.25, 0.3) is 10.9 Å². The quantitative estimate of drug-likeness (QED) is 0.0248. The number of hydrogen-bond donors (Lipinski definition) is 6. The first-order valence-corrected chi connectivity index (χ1v) is 29.2. The van der Waals surface area contributed by atoms with Crippen molar-refractivity contribution in [1.29, 1.82) is 0 Å². The first-order chi connectivity index (χ1) is 40.6. The summed E-state index contributed by atoms with van der Waals surface area (Å²) < 4.78 is 48.2. The highest BCUT2D eigenvalue weighted by molar-refractivity contribution is 6.35. The highest BCUT2D eigenvalue weighted by Crippen LogP contribution is 2.49. The van der Waals surface area contributed by atoms with Crippen molar-refractivity contribution >= 4 is 63.9 Å². The molecule has 85 heavy (non-hydrogen) atoms. The Morgan fingerprint density at radius 1 is 0.976 bits per heavy atom. The summed E-state index contributed by atoms with van der Waals surface area (Å²) in [5.41, 5.74) is 4.41. The predicted molar refractivity (Wildman–Crippen MR) is 316 cm³/mol. The molecule has 25 heteroatoms. The number of hydrazine groups is 1. The maximum absolute atomic E-state index is 14.3. The van der Waals surface area contributed by atoms with Gasteiger partial charge in [-0.05, 0) is 75.9 Å². The molecule has 2 aromatic carbocycles. The van der Waals surface area contributed by atoms with Crippen LogP contribution >= 0.6 is 11.6 Å². The Bertz CT molecular complexity index is 2820. The number of carbonyl (C=O) groups excluding carboxylic acids is 6. The van der Waals surface area contributed by atoms with Gasteiger partial charge in [0, 0.05) is 77.2 Å². The predicted octanol–water partition coefficient (Wildman–Crippen LogP) is 3.94. The lowest BCUT2D eigenvalue weighted by atomic mass is 9.84. The van der Waals surface area contributed by atoms with Gasteiger partial charge < -0.3 is 73.1 Å². The molecule has 2 fully saturated rings. The molecule has 3 aromatic rings. The summed E-state index contributed by atoms with van der Waals surface area (Å²) in [6.45, 7) is 9.73. The van der Waals surface area contributed by atoms with E-state index in [0.29, 0.717) is 30.9 Å². The molecule has 4 heterocycles. The minimum atomic E-state index is -1.62. The second-order valence-corrected chi connectivity index (χ2v) is 22.3. The van der Waals surface area contributed by atoms with E-state index in [-0.39, 0.29) is 115 Å². The van der Waals surface area contributed by atoms with Crippen molar-refractivity contribution in [3.05, 3.63) is 82.5 Å². The van der Waals surface area contributed by atoms with Crippen molar-refractivity contribution in [1.82, 2.24) is 35.9 Å². The number of aliphatic hydroxyl groups excluding tert-OH is 1. The molecular weight excluding hydrogens is 1120 g/mol. The zero-order valence-corrected chi connectivity index (χ0v) is 51.2. The topological polar surface area (TPSA) is 283 Å². The van der Waals surface area contributed by atoms with Gasteiger partial charge in [-0.25, -0.2) is 14.6 Å². The fourth-order valence-corrected chi connectivity index (χ4v) is 10.6. The number of aryl methyl sites for hydroxylation is 1. The number of allylic oxidation sites excluding steroid dienone is 3. The molecule has 3 aliphatic heterocycles. The van der Waals surface area contributed by atoms with E-state index in [9.17, 15) is 39.0 Å². The van der Waals surface area contributed by atoms with Gasteiger partial charge in [-0.1, -0.05) is 60.5 Å². The van der Waals surface area contributed by atoms with Crippen LogP contribution < -0.4 is 31.0 Å². The summed E-state index contributed by atoms with van der Waals surface area (Å²) in [4.78, 5) is 83.0. The van der Waals surface area contributed by atoms with Gasteiger partial charge in [-0.2, -0.15) is 0 Å². The smallest absolute Gasteiger partial charge is 0.409 e. The molecule has 0 spiro atoms. The van der Waals surface area contributed by atoms with Crippen molar-refractivity contribution in [2.75, 3.05) is 106 Å². The van der Waals surface area contributed by atoms with E-state index in [1.807, 2.05) is 56.4 Å². The van der Waals surface area contributed by atoms with Crippen molar-refractivity contribution in [3.63, 3.8) is 0 Å². The molecule has 1 unspecified atom stereocenters. The highest BCUT2D eigenvalue weighted by Gasteiger charge is 2.64. The molecule has 6 N–H and O–H groups in total. The van der Waals surface area contributed by atoms with Crippen LogP contribution in [-0.4, -0.2) is 203 Å². The minimum Gasteiger partial charge on any atom is -0.495 e. The highest BCUT2D eigenvalue weighted by atomic mass is 35.5. The number of para-hydroxylation sites is 1. The van der Waals surface area contributed by atoms with Gasteiger partial charge in [0.15, 0.2) is 0 Å². The zero-order chi connectivity index (χ0) is 61.8. The van der Waals surface area contributed by atoms with Crippen LogP contribution in [0, 0.1) is 5.92 Å². The number of amides is 5. The van der Waals surface area contributed by atoms with Crippen LogP contribution in [0.3, 0.4) is 0 Å². The van der Waals surface area contributed by atoms with Crippen LogP contribution in [0.2, 0.25) is 5.02 Å². The van der Waals surface area contributed by atoms with Gasteiger partial charge in [0.2, 0.25) is 23.6 Å². The number of methoxy groups -OCH3 is 1. The molecule has 0 radical (unpaired) electrons. The third-order valence-electron chi connectivity index (χ3n) is 15.6. The lowest BCUT2D eigenvalue weighted by molar-refractivity contribution is -0.162. The van der Waals surface area contributed by atoms with Gasteiger partial charge >= 0.3 is 12.1 Å². The van der Waals surface area contributed by atoms with E-state index < -0.39 is 77.4 Å². The number of aromatic nitrogens is 1. The number of ether oxygens (including phenoxy) is 8. The van der Waals surface area contributed by atoms with E-state index in [1.54, 1.807) is 45.2 Å². The third kappa shape index (κ3) is 19.4. The van der Waals surface area contributed by atoms with E-state index >= 15 is 0 Å². The first kappa shape index (κ1) is 67.9. The molecule has 470 valence electrons. The van der Waals surface area contributed by atoms with Gasteiger partial charge in [-0.15, -0.1) is 0 Å². The fraction of sp³-hybridized carbons (Fsp3) is 0.600. The number of halogens is 1. The maximum Gasteiger partial charge on any atom is 0.409 e. The first-order valence-electron chi connectivity index (χ1n) is 28.9. The van der Waals surface area contributed by atoms with Crippen LogP contribution in [0.15, 0.2) is 66.3 Å². The summed E-state index contributed by atoms with van der Waals surface area (Å²) in [6, 6.07) is 11.7. The molecule has 1 aromatic heterocycles. The SMILES string of the molecule is CNN(C)Cc1cc2ccccc2n1CCC(=O)N[C@@H](CCO)C(=O)NCCOCCOCCOCCOCCC(=O)N(C)[C@@H](C)C(=O)O[C@H]1CC(=O)N(C)c2cc(cc(OC)c2Cl)C/C(C)=C/C=C/C[C@@]2(O)C[C@H](OC(=O)N2)[C@@H](C)C2O[C@]21C. The summed E-state index contributed by atoms with van der Waals surface area (Å²) in [6.07, 6.45) is 2.43. The molecule has 5 amide bonds. The Labute approximate surface area is 502 Å². The number of anilines is 1. The Balaban J connectivity index is 0.880. The van der Waals surface area contributed by atoms with Crippen LogP contribution in [0.5, 0.6) is 5.75 Å². The number of carbonyl (C=O) groups is 6. The Hall–Kier alpha value is -6.19. The number of aliphatic hydroxyl groups is 2. The largest absolute Gasteiger partial charge is 0.495 e. The van der Waals surface area contributed by atoms with E-state index in [1.165, 1.54) is 30.9 Å². The van der Waals surface area contributed by atoms with Gasteiger partial charge in [0.05, 0.1) is 91.1 Å². The monoisotopic (exact) mass is 1210 g/mol. The molecule has 0 saturated carbocycles. The standard InChI is InChI=1S/C60H87ClN8O16/c1-39-14-12-13-20-60(77)37-49(83-58(76)65-60)40(2)55-59(4,85-55)50(36-53(73)68(8)47-33-42(32-39)34-48(78-9)54(47)61)84-57(75)41(3)67(7)52(72)19-24-79-26-28-81-30-31-82-29-27-80-25-21-63-56(74)45(18-23-70)64-51(71)17-22-69-44(38-66(6)62-5)35-43-15-10-11-16-46(43)69/h10-16,33-35,40-41,45,49-50,55,62,70,77H,17-32,36-38H2,1-9H3,(H,63,74)(H,64,71)(H,65,76)/b13-12+,39-14+/t40-,41+,45+,49+,50+,55?,59+,60-/m1/s1. The molecule has 3 aliphatic rings. The average Bonchev–Trinajstić information content (AvgIpc) is 1.81. The van der Waals surface area contributed by atoms with Crippen LogP contribution in [0.1, 0.15) is 77.5 Å². The number of nitrogens with one attached hydrogen (secondary N) is 4. The molecule has 2 saturated heterocycles. The summed E-state index contributed by atoms with van der Waals surface area (Å²) in [7, 11) is 8.30. The Morgan fingerprint density at radius 3 is 2.34 bits per heavy atom. The number of hydrogen-bond acceptors (Lipinski definition) is 18. The van der Waals surface area contributed by atoms with Crippen molar-refractivity contribution in [2.45, 2.75) is 127 Å². The van der Waals surface area contributed by atoms with E-state index in [4.69, 9.17) is 49.5 Å². The fourth-order valence-electron chi connectivity index (χ4n) is 10.3. The number of epoxide rings is 1. The molecule has 0 aliphatic carbocycles. The second kappa shape index (κ2) is 32.5. The summed E-state index contributed by atoms with van der Waals surface area (Å²) in [5, 5.41) is 32.4. The lowest BCUT2D eigenvalue weighted by Crippen LogP contribution is -2.57. The van der Waals surface area contributed by atoms with E-state index in [2.05, 4.69) is 32.0 Å². The number of nitrogens with zero attached hydrogens (tertiary/aromatic N) is 4. The van der Waals surface area contributed by atoms with Crippen molar-refractivity contribution in [2.24, 2.45) is 5.92 Å². The van der Waals surface area contributed by atoms with Crippen molar-refractivity contribution in [3.8, 4) is 5.75 Å². The maximum atomic E-state index is 14.3. The Morgan fingerprint density at radius 2 is 1.66 bits per heavy atom. The number of likely N-dealkylation sites (N-methyl/N-ethyl adjacent to an activating group) is 1. The minimum absolute atomic E-state index is 0.0355. The summed E-state index contributed by atoms with van der Waals surface area (Å²) >= 11 is 6.80. The Kier molecular flexibility index (Phi) is 26.0. The molecule has 4 bridgehead atoms. The molecular formula is C60H87ClN8O16. The van der Waals surface area contributed by atoms with Crippen molar-refractivity contribution < 1.29 is 76.9 Å². The molecule has 6 rings (SSSR count). The number of rotatable bonds is 29. The second-order valence-electron chi connectivity index (χ2n) is 21.9. The van der Waals surface area contributed by atoms with Gasteiger partial charge in [0.1, 0.15) is 46.4 Å². The molecule has 24 nitrogen and oxygen atoms in total. The average molecular weight is 1210 g/mol. The number of esters is 1. The zero-order valence-electron chi connectivity index (χ0n) is 50.4. The number of benzene rings is 2. The third-order valence-corrected chi connectivity index (χ3v) is 16.0. The van der Waals surface area contributed by atoms with E-state index in [0.717, 1.165) is 27.7 Å². The van der Waals surface area contributed by atoms with Gasteiger partial charge in [-0.3, -0.25) is 29.9 Å². The normalized spacial score (nSPS) is 23.4. The van der Waals surface area contributed by atoms with Gasteiger partial charge in [0.25, 0.3) is 0 Å². The lowest BCUT2D eigenvalue weighted by Gasteiger charge is -2.39.